The Balaban J connectivity index is 1.78. The van der Waals surface area contributed by atoms with E-state index in [0.717, 1.165) is 30.7 Å². The molecule has 2 N–H and O–H groups in total. The zero-order valence-corrected chi connectivity index (χ0v) is 15.3. The Morgan fingerprint density at radius 3 is 2.72 bits per heavy atom. The zero-order chi connectivity index (χ0) is 17.6. The number of phenols is 1. The molecule has 2 aromatic rings. The molecule has 2 heterocycles. The summed E-state index contributed by atoms with van der Waals surface area (Å²) in [4.78, 5) is 0. The van der Waals surface area contributed by atoms with Crippen LogP contribution in [0.2, 0.25) is 0 Å². The summed E-state index contributed by atoms with van der Waals surface area (Å²) in [5.74, 6) is 0.708. The lowest BCUT2D eigenvalue weighted by Gasteiger charge is -2.44. The Labute approximate surface area is 150 Å². The summed E-state index contributed by atoms with van der Waals surface area (Å²) in [6.07, 6.45) is 2.35. The first-order valence-electron chi connectivity index (χ1n) is 9.25. The molecule has 0 aliphatic carbocycles. The van der Waals surface area contributed by atoms with Crippen molar-refractivity contribution in [2.75, 3.05) is 11.9 Å². The first kappa shape index (κ1) is 16.5. The van der Waals surface area contributed by atoms with E-state index in [1.165, 1.54) is 11.1 Å². The molecule has 2 aromatic carbocycles. The van der Waals surface area contributed by atoms with Crippen LogP contribution >= 0.6 is 0 Å². The Morgan fingerprint density at radius 2 is 1.96 bits per heavy atom. The molecule has 4 rings (SSSR count). The van der Waals surface area contributed by atoms with Gasteiger partial charge in [0.1, 0.15) is 5.75 Å². The maximum absolute atomic E-state index is 9.90. The van der Waals surface area contributed by atoms with Crippen molar-refractivity contribution < 1.29 is 9.84 Å². The van der Waals surface area contributed by atoms with E-state index in [2.05, 4.69) is 50.4 Å². The minimum atomic E-state index is 0.125. The molecule has 0 unspecified atom stereocenters. The van der Waals surface area contributed by atoms with Crippen LogP contribution in [0.5, 0.6) is 5.75 Å². The van der Waals surface area contributed by atoms with Crippen LogP contribution in [0.3, 0.4) is 0 Å². The van der Waals surface area contributed by atoms with Crippen molar-refractivity contribution in [2.45, 2.75) is 51.2 Å². The van der Waals surface area contributed by atoms with Gasteiger partial charge < -0.3 is 15.2 Å². The van der Waals surface area contributed by atoms with Crippen molar-refractivity contribution in [3.05, 3.63) is 59.2 Å². The number of anilines is 1. The van der Waals surface area contributed by atoms with E-state index in [-0.39, 0.29) is 17.6 Å². The van der Waals surface area contributed by atoms with Crippen molar-refractivity contribution in [1.29, 1.82) is 0 Å². The molecule has 0 saturated carbocycles. The number of ether oxygens (including phenoxy) is 1. The molecule has 25 heavy (non-hydrogen) atoms. The molecule has 132 valence electrons. The van der Waals surface area contributed by atoms with Gasteiger partial charge in [0.2, 0.25) is 0 Å². The number of phenolic OH excluding ortho intramolecular Hbond substituents is 1. The third kappa shape index (κ3) is 3.02. The fourth-order valence-electron chi connectivity index (χ4n) is 4.19. The number of rotatable bonds is 1. The average molecular weight is 337 g/mol. The first-order chi connectivity index (χ1) is 11.9. The predicted molar refractivity (Wildman–Crippen MR) is 101 cm³/mol. The van der Waals surface area contributed by atoms with Gasteiger partial charge in [-0.15, -0.1) is 0 Å². The molecule has 0 radical (unpaired) electrons. The Bertz CT molecular complexity index is 778. The number of hydrogen-bond donors (Lipinski definition) is 2. The molecule has 2 aliphatic rings. The second-order valence-electron chi connectivity index (χ2n) is 8.37. The van der Waals surface area contributed by atoms with Crippen LogP contribution < -0.4 is 5.32 Å². The van der Waals surface area contributed by atoms with Gasteiger partial charge in [-0.25, -0.2) is 0 Å². The van der Waals surface area contributed by atoms with Crippen LogP contribution in [0.4, 0.5) is 5.69 Å². The van der Waals surface area contributed by atoms with E-state index in [1.807, 2.05) is 12.1 Å². The number of aromatic hydroxyl groups is 1. The maximum atomic E-state index is 9.90. The molecular formula is C22H27NO2. The summed E-state index contributed by atoms with van der Waals surface area (Å²) in [6.45, 7) is 7.58. The van der Waals surface area contributed by atoms with Gasteiger partial charge in [-0.05, 0) is 47.6 Å². The zero-order valence-electron chi connectivity index (χ0n) is 15.3. The summed E-state index contributed by atoms with van der Waals surface area (Å²) in [5, 5.41) is 13.6. The molecule has 0 spiro atoms. The van der Waals surface area contributed by atoms with Gasteiger partial charge in [-0.2, -0.15) is 0 Å². The minimum absolute atomic E-state index is 0.125. The summed E-state index contributed by atoms with van der Waals surface area (Å²) < 4.78 is 6.26. The van der Waals surface area contributed by atoms with Gasteiger partial charge in [0, 0.05) is 23.8 Å². The van der Waals surface area contributed by atoms with Crippen LogP contribution in [-0.2, 0) is 10.2 Å². The van der Waals surface area contributed by atoms with Crippen LogP contribution in [0.1, 0.15) is 62.4 Å². The lowest BCUT2D eigenvalue weighted by Crippen LogP contribution is -2.36. The quantitative estimate of drug-likeness (QED) is 0.739. The average Bonchev–Trinajstić information content (AvgIpc) is 2.60. The minimum Gasteiger partial charge on any atom is -0.508 e. The fourth-order valence-corrected chi connectivity index (χ4v) is 4.19. The van der Waals surface area contributed by atoms with Crippen molar-refractivity contribution in [3.63, 3.8) is 0 Å². The molecule has 1 fully saturated rings. The van der Waals surface area contributed by atoms with Gasteiger partial charge >= 0.3 is 0 Å². The summed E-state index contributed by atoms with van der Waals surface area (Å²) >= 11 is 0. The van der Waals surface area contributed by atoms with Gasteiger partial charge in [0.05, 0.1) is 12.1 Å². The number of nitrogens with one attached hydrogen (secondary N) is 1. The van der Waals surface area contributed by atoms with Crippen LogP contribution in [-0.4, -0.2) is 11.7 Å². The SMILES string of the molecule is CC(C)(C)c1ccc2c(c1)[C@H]1OCCC[C@H]1[C@@H](c1cccc(O)c1)N2. The van der Waals surface area contributed by atoms with Gasteiger partial charge in [-0.1, -0.05) is 45.0 Å². The normalized spacial score (nSPS) is 25.6. The summed E-state index contributed by atoms with van der Waals surface area (Å²) in [6, 6.07) is 14.5. The van der Waals surface area contributed by atoms with Gasteiger partial charge in [-0.3, -0.25) is 0 Å². The highest BCUT2D eigenvalue weighted by Crippen LogP contribution is 2.50. The molecule has 1 saturated heterocycles. The molecule has 3 heteroatoms. The van der Waals surface area contributed by atoms with Crippen molar-refractivity contribution in [3.8, 4) is 5.75 Å². The highest BCUT2D eigenvalue weighted by Gasteiger charge is 2.40. The molecule has 0 bridgehead atoms. The molecule has 0 amide bonds. The van der Waals surface area contributed by atoms with Crippen molar-refractivity contribution in [2.24, 2.45) is 5.92 Å². The van der Waals surface area contributed by atoms with Crippen molar-refractivity contribution >= 4 is 5.69 Å². The molecular weight excluding hydrogens is 310 g/mol. The smallest absolute Gasteiger partial charge is 0.115 e. The standard InChI is InChI=1S/C22H27NO2/c1-22(2,3)15-9-10-19-18(13-15)21-17(8-5-11-25-21)20(23-19)14-6-4-7-16(24)12-14/h4,6-7,9-10,12-13,17,20-21,23-24H,5,8,11H2,1-3H3/t17-,20+,21-/m0/s1. The molecule has 3 atom stereocenters. The second kappa shape index (κ2) is 6.06. The van der Waals surface area contributed by atoms with E-state index in [4.69, 9.17) is 4.74 Å². The van der Waals surface area contributed by atoms with E-state index in [0.29, 0.717) is 11.7 Å². The van der Waals surface area contributed by atoms with Crippen LogP contribution in [0.25, 0.3) is 0 Å². The van der Waals surface area contributed by atoms with E-state index in [1.54, 1.807) is 6.07 Å². The lowest BCUT2D eigenvalue weighted by atomic mass is 9.76. The Hall–Kier alpha value is -2.00. The van der Waals surface area contributed by atoms with Crippen LogP contribution in [0, 0.1) is 5.92 Å². The fraction of sp³-hybridized carbons (Fsp3) is 0.455. The van der Waals surface area contributed by atoms with Gasteiger partial charge in [0.15, 0.2) is 0 Å². The van der Waals surface area contributed by atoms with E-state index < -0.39 is 0 Å². The third-order valence-corrected chi connectivity index (χ3v) is 5.56. The van der Waals surface area contributed by atoms with E-state index in [9.17, 15) is 5.11 Å². The molecule has 0 aromatic heterocycles. The van der Waals surface area contributed by atoms with Crippen molar-refractivity contribution in [1.82, 2.24) is 0 Å². The molecule has 2 aliphatic heterocycles. The first-order valence-corrected chi connectivity index (χ1v) is 9.25. The van der Waals surface area contributed by atoms with E-state index >= 15 is 0 Å². The lowest BCUT2D eigenvalue weighted by molar-refractivity contribution is -0.0382. The monoisotopic (exact) mass is 337 g/mol. The largest absolute Gasteiger partial charge is 0.508 e. The third-order valence-electron chi connectivity index (χ3n) is 5.56. The number of fused-ring (bicyclic) bond motifs is 3. The number of benzene rings is 2. The Kier molecular flexibility index (Phi) is 3.99. The summed E-state index contributed by atoms with van der Waals surface area (Å²) in [5.41, 5.74) is 5.04. The highest BCUT2D eigenvalue weighted by molar-refractivity contribution is 5.59. The molecule has 3 nitrogen and oxygen atoms in total. The highest BCUT2D eigenvalue weighted by atomic mass is 16.5. The predicted octanol–water partition coefficient (Wildman–Crippen LogP) is 5.32. The summed E-state index contributed by atoms with van der Waals surface area (Å²) in [7, 11) is 0. The maximum Gasteiger partial charge on any atom is 0.115 e. The van der Waals surface area contributed by atoms with Gasteiger partial charge in [0.25, 0.3) is 0 Å². The Morgan fingerprint density at radius 1 is 1.12 bits per heavy atom. The second-order valence-corrected chi connectivity index (χ2v) is 8.37. The number of hydrogen-bond acceptors (Lipinski definition) is 3. The topological polar surface area (TPSA) is 41.5 Å². The van der Waals surface area contributed by atoms with Crippen LogP contribution in [0.15, 0.2) is 42.5 Å².